The Morgan fingerprint density at radius 1 is 1.38 bits per heavy atom. The van der Waals surface area contributed by atoms with Crippen molar-refractivity contribution in [3.05, 3.63) is 0 Å². The normalized spacial score (nSPS) is 34.3. The quantitative estimate of drug-likeness (QED) is 0.817. The van der Waals surface area contributed by atoms with Crippen LogP contribution in [0, 0.1) is 5.92 Å². The molecule has 0 aromatic carbocycles. The number of thioether (sulfide) groups is 1. The van der Waals surface area contributed by atoms with Gasteiger partial charge in [-0.25, -0.2) is 0 Å². The molecule has 4 atom stereocenters. The van der Waals surface area contributed by atoms with Gasteiger partial charge in [0.15, 0.2) is 0 Å². The van der Waals surface area contributed by atoms with Gasteiger partial charge in [-0.1, -0.05) is 20.8 Å². The molecule has 0 amide bonds. The highest BCUT2D eigenvalue weighted by atomic mass is 32.2. The molecule has 2 heterocycles. The minimum absolute atomic E-state index is 0.110. The second-order valence-electron chi connectivity index (χ2n) is 7.00. The number of nitrogens with zero attached hydrogens (tertiary/aromatic N) is 1. The van der Waals surface area contributed by atoms with Gasteiger partial charge in [-0.2, -0.15) is 11.8 Å². The minimum atomic E-state index is 0.110. The first-order chi connectivity index (χ1) is 10.0. The molecule has 4 unspecified atom stereocenters. The van der Waals surface area contributed by atoms with Crippen LogP contribution in [-0.2, 0) is 4.74 Å². The second-order valence-corrected chi connectivity index (χ2v) is 8.10. The third-order valence-corrected chi connectivity index (χ3v) is 7.25. The zero-order chi connectivity index (χ0) is 15.5. The van der Waals surface area contributed by atoms with Crippen LogP contribution in [0.5, 0.6) is 0 Å². The summed E-state index contributed by atoms with van der Waals surface area (Å²) in [6.45, 7) is 12.2. The molecule has 0 saturated carbocycles. The summed E-state index contributed by atoms with van der Waals surface area (Å²) in [5.74, 6) is 3.02. The van der Waals surface area contributed by atoms with Crippen molar-refractivity contribution in [3.63, 3.8) is 0 Å². The molecule has 0 bridgehead atoms. The van der Waals surface area contributed by atoms with Gasteiger partial charge < -0.3 is 10.5 Å². The fourth-order valence-electron chi connectivity index (χ4n) is 4.36. The van der Waals surface area contributed by atoms with E-state index in [0.29, 0.717) is 5.92 Å². The van der Waals surface area contributed by atoms with Crippen LogP contribution >= 0.6 is 11.8 Å². The first-order valence-electron chi connectivity index (χ1n) is 8.73. The van der Waals surface area contributed by atoms with Crippen LogP contribution < -0.4 is 5.73 Å². The van der Waals surface area contributed by atoms with E-state index in [4.69, 9.17) is 10.5 Å². The third kappa shape index (κ3) is 3.44. The summed E-state index contributed by atoms with van der Waals surface area (Å²) in [4.78, 5) is 2.56. The van der Waals surface area contributed by atoms with Crippen molar-refractivity contribution in [1.82, 2.24) is 4.90 Å². The number of ether oxygens (including phenoxy) is 1. The van der Waals surface area contributed by atoms with Crippen molar-refractivity contribution in [1.29, 1.82) is 0 Å². The molecule has 1 spiro atoms. The van der Waals surface area contributed by atoms with Crippen molar-refractivity contribution in [2.45, 2.75) is 70.6 Å². The maximum atomic E-state index is 6.84. The van der Waals surface area contributed by atoms with Gasteiger partial charge >= 0.3 is 0 Å². The molecule has 0 aromatic rings. The molecule has 0 radical (unpaired) electrons. The molecule has 3 nitrogen and oxygen atoms in total. The van der Waals surface area contributed by atoms with Crippen molar-refractivity contribution in [2.75, 3.05) is 31.2 Å². The van der Waals surface area contributed by atoms with Gasteiger partial charge in [-0.3, -0.25) is 4.90 Å². The lowest BCUT2D eigenvalue weighted by molar-refractivity contribution is -0.0933. The Morgan fingerprint density at radius 2 is 2.10 bits per heavy atom. The fourth-order valence-corrected chi connectivity index (χ4v) is 5.74. The number of likely N-dealkylation sites (N-methyl/N-ethyl adjacent to an activating group) is 1. The van der Waals surface area contributed by atoms with Gasteiger partial charge in [-0.05, 0) is 57.4 Å². The molecular formula is C17H34N2OS. The summed E-state index contributed by atoms with van der Waals surface area (Å²) < 4.78 is 6.18. The van der Waals surface area contributed by atoms with Gasteiger partial charge in [0.05, 0.1) is 5.60 Å². The zero-order valence-corrected chi connectivity index (χ0v) is 15.2. The van der Waals surface area contributed by atoms with E-state index in [2.05, 4.69) is 32.6 Å². The van der Waals surface area contributed by atoms with Crippen molar-refractivity contribution < 1.29 is 4.74 Å². The van der Waals surface area contributed by atoms with E-state index in [0.717, 1.165) is 39.0 Å². The zero-order valence-electron chi connectivity index (χ0n) is 14.4. The Kier molecular flexibility index (Phi) is 6.03. The molecular weight excluding hydrogens is 280 g/mol. The Balaban J connectivity index is 2.11. The van der Waals surface area contributed by atoms with Gasteiger partial charge in [0, 0.05) is 23.9 Å². The molecule has 124 valence electrons. The highest BCUT2D eigenvalue weighted by Gasteiger charge is 2.46. The van der Waals surface area contributed by atoms with E-state index >= 15 is 0 Å². The first kappa shape index (κ1) is 17.6. The number of nitrogens with two attached hydrogens (primary N) is 1. The van der Waals surface area contributed by atoms with E-state index < -0.39 is 0 Å². The average Bonchev–Trinajstić information content (AvgIpc) is 2.95. The third-order valence-electron chi connectivity index (χ3n) is 6.03. The summed E-state index contributed by atoms with van der Waals surface area (Å²) >= 11 is 2.05. The molecule has 4 heteroatoms. The van der Waals surface area contributed by atoms with Crippen molar-refractivity contribution >= 4 is 11.8 Å². The lowest BCUT2D eigenvalue weighted by atomic mass is 9.73. The molecule has 2 fully saturated rings. The summed E-state index contributed by atoms with van der Waals surface area (Å²) in [5.41, 5.74) is 7.09. The Morgan fingerprint density at radius 3 is 2.62 bits per heavy atom. The largest absolute Gasteiger partial charge is 0.374 e. The SMILES string of the molecule is CCN(CC)C(C)(CC)C(N)C1CCOC2(CCSC2)C1. The van der Waals surface area contributed by atoms with Crippen LogP contribution in [0.1, 0.15) is 53.4 Å². The van der Waals surface area contributed by atoms with Crippen LogP contribution in [0.3, 0.4) is 0 Å². The topological polar surface area (TPSA) is 38.5 Å². The molecule has 0 aromatic heterocycles. The lowest BCUT2D eigenvalue weighted by Gasteiger charge is -2.50. The lowest BCUT2D eigenvalue weighted by Crippen LogP contribution is -2.62. The van der Waals surface area contributed by atoms with E-state index in [1.165, 1.54) is 17.9 Å². The molecule has 2 N–H and O–H groups in total. The van der Waals surface area contributed by atoms with Crippen LogP contribution in [0.15, 0.2) is 0 Å². The second kappa shape index (κ2) is 7.20. The van der Waals surface area contributed by atoms with Gasteiger partial charge in [0.1, 0.15) is 0 Å². The minimum Gasteiger partial charge on any atom is -0.374 e. The van der Waals surface area contributed by atoms with E-state index in [1.54, 1.807) is 0 Å². The molecule has 2 saturated heterocycles. The first-order valence-corrected chi connectivity index (χ1v) is 9.89. The molecule has 2 rings (SSSR count). The van der Waals surface area contributed by atoms with Crippen LogP contribution in [0.25, 0.3) is 0 Å². The van der Waals surface area contributed by atoms with Crippen LogP contribution in [-0.4, -0.2) is 53.3 Å². The highest BCUT2D eigenvalue weighted by molar-refractivity contribution is 7.99. The van der Waals surface area contributed by atoms with Crippen LogP contribution in [0.2, 0.25) is 0 Å². The molecule has 2 aliphatic heterocycles. The van der Waals surface area contributed by atoms with E-state index in [9.17, 15) is 0 Å². The maximum absolute atomic E-state index is 6.84. The van der Waals surface area contributed by atoms with E-state index in [-0.39, 0.29) is 17.2 Å². The Hall–Kier alpha value is 0.230. The molecule has 21 heavy (non-hydrogen) atoms. The monoisotopic (exact) mass is 314 g/mol. The molecule has 2 aliphatic rings. The number of hydrogen-bond donors (Lipinski definition) is 1. The summed E-state index contributed by atoms with van der Waals surface area (Å²) in [6, 6.07) is 0.244. The number of hydrogen-bond acceptors (Lipinski definition) is 4. The fraction of sp³-hybridized carbons (Fsp3) is 1.00. The standard InChI is InChI=1S/C17H34N2OS/c1-5-16(4,19(6-2)7-3)15(18)14-8-10-20-17(12-14)9-11-21-13-17/h14-15H,5-13,18H2,1-4H3. The maximum Gasteiger partial charge on any atom is 0.0783 e. The van der Waals surface area contributed by atoms with Crippen molar-refractivity contribution in [2.24, 2.45) is 11.7 Å². The predicted molar refractivity (Wildman–Crippen MR) is 92.9 cm³/mol. The van der Waals surface area contributed by atoms with Gasteiger partial charge in [0.25, 0.3) is 0 Å². The average molecular weight is 315 g/mol. The van der Waals surface area contributed by atoms with Crippen molar-refractivity contribution in [3.8, 4) is 0 Å². The summed E-state index contributed by atoms with van der Waals surface area (Å²) in [7, 11) is 0. The summed E-state index contributed by atoms with van der Waals surface area (Å²) in [5, 5.41) is 0. The molecule has 0 aliphatic carbocycles. The van der Waals surface area contributed by atoms with Gasteiger partial charge in [0.2, 0.25) is 0 Å². The Labute approximate surface area is 135 Å². The van der Waals surface area contributed by atoms with E-state index in [1.807, 2.05) is 11.8 Å². The Bertz CT molecular complexity index is 329. The van der Waals surface area contributed by atoms with Gasteiger partial charge in [-0.15, -0.1) is 0 Å². The number of rotatable bonds is 6. The van der Waals surface area contributed by atoms with Crippen LogP contribution in [0.4, 0.5) is 0 Å². The highest BCUT2D eigenvalue weighted by Crippen LogP contribution is 2.43. The predicted octanol–water partition coefficient (Wildman–Crippen LogP) is 3.13. The smallest absolute Gasteiger partial charge is 0.0783 e. The summed E-state index contributed by atoms with van der Waals surface area (Å²) in [6.07, 6.45) is 4.63.